The van der Waals surface area contributed by atoms with E-state index in [1.807, 2.05) is 13.0 Å². The summed E-state index contributed by atoms with van der Waals surface area (Å²) in [6, 6.07) is 17.6. The van der Waals surface area contributed by atoms with Crippen LogP contribution in [0.2, 0.25) is 0 Å². The van der Waals surface area contributed by atoms with E-state index < -0.39 is 23.5 Å². The van der Waals surface area contributed by atoms with Gasteiger partial charge in [-0.05, 0) is 48.7 Å². The topological polar surface area (TPSA) is 106 Å². The number of Topliss-reactive ketones (excluding diaryl/α,β-unsaturated/α-hetero) is 1. The summed E-state index contributed by atoms with van der Waals surface area (Å²) in [5.41, 5.74) is 2.86. The summed E-state index contributed by atoms with van der Waals surface area (Å²) in [6.45, 7) is 4.73. The predicted molar refractivity (Wildman–Crippen MR) is 155 cm³/mol. The van der Waals surface area contributed by atoms with E-state index in [0.29, 0.717) is 28.0 Å². The highest BCUT2D eigenvalue weighted by Gasteiger charge is 2.46. The second-order valence-corrected chi connectivity index (χ2v) is 11.6. The first-order chi connectivity index (χ1) is 19.5. The van der Waals surface area contributed by atoms with Crippen LogP contribution >= 0.6 is 23.1 Å². The maximum atomic E-state index is 13.5. The fourth-order valence-corrected chi connectivity index (χ4v) is 6.22. The number of furan rings is 1. The Kier molecular flexibility index (Phi) is 8.66. The Morgan fingerprint density at radius 1 is 1.12 bits per heavy atom. The number of amides is 1. The number of benzene rings is 2. The van der Waals surface area contributed by atoms with E-state index in [1.165, 1.54) is 45.9 Å². The highest BCUT2D eigenvalue weighted by molar-refractivity contribution is 8.00. The molecule has 2 aromatic carbocycles. The molecule has 1 amide bonds. The number of aryl methyl sites for hydroxylation is 1. The van der Waals surface area contributed by atoms with Crippen molar-refractivity contribution in [3.05, 3.63) is 101 Å². The number of nitrogens with zero attached hydrogens (tertiary/aromatic N) is 3. The van der Waals surface area contributed by atoms with Gasteiger partial charge in [0, 0.05) is 5.75 Å². The van der Waals surface area contributed by atoms with Gasteiger partial charge < -0.3 is 14.3 Å². The summed E-state index contributed by atoms with van der Waals surface area (Å²) in [7, 11) is 0. The number of hydrogen-bond donors (Lipinski definition) is 1. The molecule has 0 fully saturated rings. The largest absolute Gasteiger partial charge is 0.503 e. The third kappa shape index (κ3) is 5.97. The molecule has 1 unspecified atom stereocenters. The molecule has 0 radical (unpaired) electrons. The molecule has 0 bridgehead atoms. The SMILES string of the molecule is CCCCCOc1cccc(C2C(C(=O)c3ccco3)=C(O)C(=O)N2c2nnc(SCc3ccc(C)cc3)s2)c1. The average Bonchev–Trinajstić information content (AvgIpc) is 3.72. The second-order valence-electron chi connectivity index (χ2n) is 9.40. The van der Waals surface area contributed by atoms with Crippen molar-refractivity contribution in [3.8, 4) is 5.75 Å². The zero-order chi connectivity index (χ0) is 28.1. The maximum absolute atomic E-state index is 13.5. The molecular weight excluding hydrogens is 546 g/mol. The van der Waals surface area contributed by atoms with Crippen molar-refractivity contribution in [2.75, 3.05) is 11.5 Å². The Bertz CT molecular complexity index is 1510. The van der Waals surface area contributed by atoms with Crippen LogP contribution in [0.4, 0.5) is 5.13 Å². The molecule has 1 atom stereocenters. The normalized spacial score (nSPS) is 15.2. The molecular formula is C30H29N3O5S2. The van der Waals surface area contributed by atoms with Gasteiger partial charge in [-0.3, -0.25) is 14.5 Å². The molecule has 1 aliphatic rings. The predicted octanol–water partition coefficient (Wildman–Crippen LogP) is 7.08. The minimum atomic E-state index is -0.938. The van der Waals surface area contributed by atoms with Gasteiger partial charge in [0.2, 0.25) is 10.9 Å². The van der Waals surface area contributed by atoms with Gasteiger partial charge in [-0.1, -0.05) is 84.8 Å². The molecule has 0 saturated carbocycles. The quantitative estimate of drug-likeness (QED) is 0.0826. The highest BCUT2D eigenvalue weighted by Crippen LogP contribution is 2.44. The van der Waals surface area contributed by atoms with E-state index in [1.54, 1.807) is 24.3 Å². The number of carbonyl (C=O) groups is 2. The minimum Gasteiger partial charge on any atom is -0.503 e. The van der Waals surface area contributed by atoms with Crippen LogP contribution in [0.25, 0.3) is 0 Å². The van der Waals surface area contributed by atoms with Crippen LogP contribution in [-0.2, 0) is 10.5 Å². The molecule has 4 aromatic rings. The molecule has 1 N–H and O–H groups in total. The Labute approximate surface area is 240 Å². The first-order valence-corrected chi connectivity index (χ1v) is 14.9. The van der Waals surface area contributed by atoms with Crippen molar-refractivity contribution in [3.63, 3.8) is 0 Å². The van der Waals surface area contributed by atoms with Gasteiger partial charge in [0.25, 0.3) is 5.91 Å². The number of ether oxygens (including phenoxy) is 1. The van der Waals surface area contributed by atoms with Crippen molar-refractivity contribution in [1.29, 1.82) is 0 Å². The van der Waals surface area contributed by atoms with Crippen LogP contribution in [0.3, 0.4) is 0 Å². The Morgan fingerprint density at radius 2 is 1.95 bits per heavy atom. The van der Waals surface area contributed by atoms with Crippen LogP contribution in [-0.4, -0.2) is 33.6 Å². The lowest BCUT2D eigenvalue weighted by atomic mass is 9.95. The van der Waals surface area contributed by atoms with E-state index in [2.05, 4.69) is 41.4 Å². The van der Waals surface area contributed by atoms with Gasteiger partial charge in [0.15, 0.2) is 15.9 Å². The van der Waals surface area contributed by atoms with Gasteiger partial charge >= 0.3 is 0 Å². The minimum absolute atomic E-state index is 0.0276. The first-order valence-electron chi connectivity index (χ1n) is 13.1. The standard InChI is InChI=1S/C30H29N3O5S2/c1-3-4-5-15-37-22-9-6-8-21(17-22)25-24(26(34)23-10-7-16-38-23)27(35)28(36)33(25)29-31-32-30(40-29)39-18-20-13-11-19(2)12-14-20/h6-14,16-17,25,35H,3-5,15,18H2,1-2H3. The van der Waals surface area contributed by atoms with E-state index in [4.69, 9.17) is 9.15 Å². The molecule has 8 nitrogen and oxygen atoms in total. The van der Waals surface area contributed by atoms with E-state index >= 15 is 0 Å². The van der Waals surface area contributed by atoms with Crippen molar-refractivity contribution in [2.45, 2.75) is 49.2 Å². The monoisotopic (exact) mass is 575 g/mol. The van der Waals surface area contributed by atoms with Crippen LogP contribution < -0.4 is 9.64 Å². The summed E-state index contributed by atoms with van der Waals surface area (Å²) < 4.78 is 11.9. The van der Waals surface area contributed by atoms with Gasteiger partial charge in [0.05, 0.1) is 24.5 Å². The Balaban J connectivity index is 1.46. The zero-order valence-electron chi connectivity index (χ0n) is 22.2. The van der Waals surface area contributed by atoms with Gasteiger partial charge in [-0.25, -0.2) is 0 Å². The number of thioether (sulfide) groups is 1. The van der Waals surface area contributed by atoms with Crippen molar-refractivity contribution < 1.29 is 23.8 Å². The number of rotatable bonds is 12. The third-order valence-corrected chi connectivity index (χ3v) is 8.60. The average molecular weight is 576 g/mol. The van der Waals surface area contributed by atoms with Gasteiger partial charge in [0.1, 0.15) is 5.75 Å². The molecule has 206 valence electrons. The fourth-order valence-electron chi connectivity index (χ4n) is 4.39. The number of aromatic nitrogens is 2. The Hall–Kier alpha value is -3.89. The summed E-state index contributed by atoms with van der Waals surface area (Å²) >= 11 is 2.74. The molecule has 2 aromatic heterocycles. The number of anilines is 1. The Morgan fingerprint density at radius 3 is 2.70 bits per heavy atom. The van der Waals surface area contributed by atoms with E-state index in [9.17, 15) is 14.7 Å². The number of ketones is 1. The summed E-state index contributed by atoms with van der Waals surface area (Å²) in [6.07, 6.45) is 4.44. The molecule has 1 aliphatic heterocycles. The molecule has 0 aliphatic carbocycles. The molecule has 5 rings (SSSR count). The van der Waals surface area contributed by atoms with Gasteiger partial charge in [-0.15, -0.1) is 10.2 Å². The third-order valence-electron chi connectivity index (χ3n) is 6.47. The second kappa shape index (κ2) is 12.5. The summed E-state index contributed by atoms with van der Waals surface area (Å²) in [5, 5.41) is 19.8. The molecule has 40 heavy (non-hydrogen) atoms. The number of hydrogen-bond acceptors (Lipinski definition) is 9. The lowest BCUT2D eigenvalue weighted by Gasteiger charge is -2.24. The van der Waals surface area contributed by atoms with Crippen LogP contribution in [0.5, 0.6) is 5.75 Å². The zero-order valence-corrected chi connectivity index (χ0v) is 23.8. The number of carbonyl (C=O) groups excluding carboxylic acids is 2. The number of unbranched alkanes of at least 4 members (excludes halogenated alkanes) is 2. The van der Waals surface area contributed by atoms with Crippen molar-refractivity contribution >= 4 is 39.9 Å². The molecule has 3 heterocycles. The molecule has 10 heteroatoms. The first kappa shape index (κ1) is 27.7. The number of aliphatic hydroxyl groups is 1. The summed E-state index contributed by atoms with van der Waals surface area (Å²) in [4.78, 5) is 28.3. The molecule has 0 spiro atoms. The fraction of sp³-hybridized carbons (Fsp3) is 0.267. The van der Waals surface area contributed by atoms with Crippen LogP contribution in [0.1, 0.15) is 59.5 Å². The van der Waals surface area contributed by atoms with Crippen molar-refractivity contribution in [1.82, 2.24) is 10.2 Å². The van der Waals surface area contributed by atoms with Gasteiger partial charge in [-0.2, -0.15) is 0 Å². The van der Waals surface area contributed by atoms with Crippen LogP contribution in [0, 0.1) is 6.92 Å². The van der Waals surface area contributed by atoms with E-state index in [-0.39, 0.29) is 16.5 Å². The number of aliphatic hydroxyl groups excluding tert-OH is 1. The lowest BCUT2D eigenvalue weighted by molar-refractivity contribution is -0.117. The smallest absolute Gasteiger partial charge is 0.296 e. The maximum Gasteiger partial charge on any atom is 0.296 e. The highest BCUT2D eigenvalue weighted by atomic mass is 32.2. The van der Waals surface area contributed by atoms with Crippen molar-refractivity contribution in [2.24, 2.45) is 0 Å². The van der Waals surface area contributed by atoms with E-state index in [0.717, 1.165) is 24.8 Å². The lowest BCUT2D eigenvalue weighted by Crippen LogP contribution is -2.31. The summed E-state index contributed by atoms with van der Waals surface area (Å²) in [5.74, 6) is -0.597. The molecule has 0 saturated heterocycles. The van der Waals surface area contributed by atoms with Crippen LogP contribution in [0.15, 0.2) is 87.0 Å².